The summed E-state index contributed by atoms with van der Waals surface area (Å²) in [7, 11) is 0. The summed E-state index contributed by atoms with van der Waals surface area (Å²) in [4.78, 5) is 11.3. The fourth-order valence-electron chi connectivity index (χ4n) is 0.978. The number of hydrogen-bond donors (Lipinski definition) is 0. The van der Waals surface area contributed by atoms with E-state index in [2.05, 4.69) is 22.5 Å². The maximum atomic E-state index is 11.3. The molecule has 1 heterocycles. The molecule has 0 aliphatic heterocycles. The van der Waals surface area contributed by atoms with E-state index in [4.69, 9.17) is 0 Å². The van der Waals surface area contributed by atoms with Gasteiger partial charge in [0.25, 0.3) is 5.56 Å². The van der Waals surface area contributed by atoms with Crippen LogP contribution in [0.5, 0.6) is 0 Å². The molecule has 0 aromatic carbocycles. The summed E-state index contributed by atoms with van der Waals surface area (Å²) >= 11 is 3.32. The quantitative estimate of drug-likeness (QED) is 0.746. The summed E-state index contributed by atoms with van der Waals surface area (Å²) in [6.07, 6.45) is 2.68. The molecule has 13 heavy (non-hydrogen) atoms. The van der Waals surface area contributed by atoms with E-state index in [-0.39, 0.29) is 5.56 Å². The van der Waals surface area contributed by atoms with Gasteiger partial charge in [-0.25, -0.2) is 0 Å². The second-order valence-electron chi connectivity index (χ2n) is 2.92. The summed E-state index contributed by atoms with van der Waals surface area (Å²) in [5, 5.41) is 0. The van der Waals surface area contributed by atoms with Crippen molar-refractivity contribution < 1.29 is 0 Å². The Labute approximate surface area is 86.0 Å². The number of hydrogen-bond acceptors (Lipinski definition) is 1. The fraction of sp³-hybridized carbons (Fsp3) is 0.300. The molecule has 0 N–H and O–H groups in total. The van der Waals surface area contributed by atoms with E-state index in [0.717, 1.165) is 16.5 Å². The average molecular weight is 242 g/mol. The molecule has 0 unspecified atom stereocenters. The lowest BCUT2D eigenvalue weighted by molar-refractivity contribution is 0.725. The minimum atomic E-state index is 0.0119. The molecule has 0 radical (unpaired) electrons. The van der Waals surface area contributed by atoms with Gasteiger partial charge in [0.15, 0.2) is 0 Å². The lowest BCUT2D eigenvalue weighted by Gasteiger charge is -2.06. The van der Waals surface area contributed by atoms with Crippen LogP contribution in [0.15, 0.2) is 39.7 Å². The van der Waals surface area contributed by atoms with E-state index >= 15 is 0 Å². The predicted octanol–water partition coefficient (Wildman–Crippen LogP) is 2.58. The first-order chi connectivity index (χ1) is 6.13. The van der Waals surface area contributed by atoms with Gasteiger partial charge in [-0.2, -0.15) is 0 Å². The van der Waals surface area contributed by atoms with Crippen LogP contribution in [0.2, 0.25) is 0 Å². The van der Waals surface area contributed by atoms with Crippen molar-refractivity contribution >= 4 is 15.9 Å². The second-order valence-corrected chi connectivity index (χ2v) is 3.83. The molecule has 0 aliphatic rings. The Hall–Kier alpha value is -0.830. The van der Waals surface area contributed by atoms with Gasteiger partial charge in [0.2, 0.25) is 0 Å². The maximum Gasteiger partial charge on any atom is 0.250 e. The fourth-order valence-corrected chi connectivity index (χ4v) is 1.36. The number of halogens is 1. The zero-order chi connectivity index (χ0) is 9.84. The lowest BCUT2D eigenvalue weighted by atomic mass is 10.2. The highest BCUT2D eigenvalue weighted by Gasteiger charge is 1.97. The highest BCUT2D eigenvalue weighted by Crippen LogP contribution is 2.06. The van der Waals surface area contributed by atoms with Gasteiger partial charge in [0.05, 0.1) is 0 Å². The van der Waals surface area contributed by atoms with Crippen molar-refractivity contribution in [2.24, 2.45) is 0 Å². The number of nitrogens with zero attached hydrogens (tertiary/aromatic N) is 1. The van der Waals surface area contributed by atoms with E-state index < -0.39 is 0 Å². The third kappa shape index (κ3) is 2.84. The molecule has 0 saturated heterocycles. The van der Waals surface area contributed by atoms with E-state index in [1.807, 2.05) is 6.92 Å². The van der Waals surface area contributed by atoms with Crippen LogP contribution in [0.1, 0.15) is 13.3 Å². The molecule has 0 spiro atoms. The van der Waals surface area contributed by atoms with E-state index in [0.29, 0.717) is 6.54 Å². The summed E-state index contributed by atoms with van der Waals surface area (Å²) < 4.78 is 2.56. The zero-order valence-corrected chi connectivity index (χ0v) is 9.17. The molecule has 0 amide bonds. The number of allylic oxidation sites excluding steroid dienone is 1. The van der Waals surface area contributed by atoms with Crippen molar-refractivity contribution in [3.8, 4) is 0 Å². The molecular weight excluding hydrogens is 230 g/mol. The molecule has 0 saturated carbocycles. The normalized spacial score (nSPS) is 10.0. The standard InChI is InChI=1S/C10H12BrNO/c1-3-8(2)6-12-7-9(11)4-5-10(12)13/h4-5,7H,2-3,6H2,1H3. The molecule has 0 aliphatic carbocycles. The largest absolute Gasteiger partial charge is 0.310 e. The Balaban J connectivity index is 2.94. The Morgan fingerprint density at radius 1 is 1.62 bits per heavy atom. The summed E-state index contributed by atoms with van der Waals surface area (Å²) in [5.41, 5.74) is 1.07. The lowest BCUT2D eigenvalue weighted by Crippen LogP contribution is -2.18. The topological polar surface area (TPSA) is 22.0 Å². The third-order valence-corrected chi connectivity index (χ3v) is 2.31. The van der Waals surface area contributed by atoms with Crippen molar-refractivity contribution in [1.82, 2.24) is 4.57 Å². The molecule has 1 rings (SSSR count). The van der Waals surface area contributed by atoms with Gasteiger partial charge in [-0.15, -0.1) is 0 Å². The van der Waals surface area contributed by atoms with Gasteiger partial charge in [0.1, 0.15) is 0 Å². The predicted molar refractivity (Wildman–Crippen MR) is 57.8 cm³/mol. The molecule has 0 bridgehead atoms. The van der Waals surface area contributed by atoms with E-state index in [1.165, 1.54) is 0 Å². The van der Waals surface area contributed by atoms with Crippen molar-refractivity contribution in [2.75, 3.05) is 0 Å². The number of rotatable bonds is 3. The van der Waals surface area contributed by atoms with Crippen LogP contribution in [0, 0.1) is 0 Å². The summed E-state index contributed by atoms with van der Waals surface area (Å²) in [6, 6.07) is 3.29. The van der Waals surface area contributed by atoms with Gasteiger partial charge in [0, 0.05) is 23.3 Å². The molecule has 2 nitrogen and oxygen atoms in total. The minimum Gasteiger partial charge on any atom is -0.310 e. The van der Waals surface area contributed by atoms with E-state index in [9.17, 15) is 4.79 Å². The smallest absolute Gasteiger partial charge is 0.250 e. The van der Waals surface area contributed by atoms with Gasteiger partial charge in [-0.05, 0) is 28.4 Å². The van der Waals surface area contributed by atoms with Crippen LogP contribution in [-0.4, -0.2) is 4.57 Å². The number of aromatic nitrogens is 1. The van der Waals surface area contributed by atoms with Crippen LogP contribution in [0.3, 0.4) is 0 Å². The first-order valence-electron chi connectivity index (χ1n) is 4.16. The van der Waals surface area contributed by atoms with Crippen LogP contribution in [-0.2, 0) is 6.54 Å². The molecule has 0 fully saturated rings. The van der Waals surface area contributed by atoms with Gasteiger partial charge in [-0.3, -0.25) is 4.79 Å². The van der Waals surface area contributed by atoms with Gasteiger partial charge < -0.3 is 4.57 Å². The molecule has 0 atom stereocenters. The SMILES string of the molecule is C=C(CC)Cn1cc(Br)ccc1=O. The monoisotopic (exact) mass is 241 g/mol. The van der Waals surface area contributed by atoms with Gasteiger partial charge >= 0.3 is 0 Å². The molecule has 3 heteroatoms. The van der Waals surface area contributed by atoms with Crippen molar-refractivity contribution in [2.45, 2.75) is 19.9 Å². The van der Waals surface area contributed by atoms with E-state index in [1.54, 1.807) is 22.9 Å². The molecule has 70 valence electrons. The first-order valence-corrected chi connectivity index (χ1v) is 4.95. The molecular formula is C10H12BrNO. The minimum absolute atomic E-state index is 0.0119. The Morgan fingerprint density at radius 3 is 2.92 bits per heavy atom. The van der Waals surface area contributed by atoms with Crippen LogP contribution >= 0.6 is 15.9 Å². The van der Waals surface area contributed by atoms with Crippen LogP contribution in [0.25, 0.3) is 0 Å². The summed E-state index contributed by atoms with van der Waals surface area (Å²) in [5.74, 6) is 0. The average Bonchev–Trinajstić information content (AvgIpc) is 2.11. The Kier molecular flexibility index (Phi) is 3.48. The van der Waals surface area contributed by atoms with Crippen molar-refractivity contribution in [1.29, 1.82) is 0 Å². The second kappa shape index (κ2) is 4.42. The van der Waals surface area contributed by atoms with Crippen LogP contribution in [0.4, 0.5) is 0 Å². The zero-order valence-electron chi connectivity index (χ0n) is 7.59. The Bertz CT molecular complexity index is 367. The molecule has 1 aromatic rings. The highest BCUT2D eigenvalue weighted by atomic mass is 79.9. The van der Waals surface area contributed by atoms with Crippen molar-refractivity contribution in [3.05, 3.63) is 45.3 Å². The van der Waals surface area contributed by atoms with Crippen molar-refractivity contribution in [3.63, 3.8) is 0 Å². The molecule has 1 aromatic heterocycles. The highest BCUT2D eigenvalue weighted by molar-refractivity contribution is 9.10. The van der Waals surface area contributed by atoms with Gasteiger partial charge in [-0.1, -0.05) is 19.1 Å². The third-order valence-electron chi connectivity index (χ3n) is 1.84. The first kappa shape index (κ1) is 10.3. The van der Waals surface area contributed by atoms with Crippen LogP contribution < -0.4 is 5.56 Å². The summed E-state index contributed by atoms with van der Waals surface area (Å²) in [6.45, 7) is 6.50. The Morgan fingerprint density at radius 2 is 2.31 bits per heavy atom. The number of pyridine rings is 1. The maximum absolute atomic E-state index is 11.3.